The van der Waals surface area contributed by atoms with Crippen LogP contribution in [0, 0.1) is 5.41 Å². The second kappa shape index (κ2) is 4.89. The van der Waals surface area contributed by atoms with Crippen molar-refractivity contribution in [3.63, 3.8) is 0 Å². The Morgan fingerprint density at radius 1 is 1.30 bits per heavy atom. The van der Waals surface area contributed by atoms with Crippen LogP contribution in [0.2, 0.25) is 0 Å². The molecule has 0 spiro atoms. The second-order valence-electron chi connectivity index (χ2n) is 6.06. The van der Waals surface area contributed by atoms with Crippen molar-refractivity contribution in [3.8, 4) is 11.5 Å². The number of hydrogen-bond acceptors (Lipinski definition) is 3. The van der Waals surface area contributed by atoms with Gasteiger partial charge in [-0.05, 0) is 24.0 Å². The van der Waals surface area contributed by atoms with Gasteiger partial charge in [0.25, 0.3) is 0 Å². The van der Waals surface area contributed by atoms with Crippen molar-refractivity contribution < 1.29 is 9.47 Å². The van der Waals surface area contributed by atoms with Crippen LogP contribution in [0.15, 0.2) is 23.2 Å². The second-order valence-corrected chi connectivity index (χ2v) is 6.06. The molecule has 0 amide bonds. The average Bonchev–Trinajstić information content (AvgIpc) is 3.04. The van der Waals surface area contributed by atoms with Gasteiger partial charge in [-0.15, -0.1) is 0 Å². The summed E-state index contributed by atoms with van der Waals surface area (Å²) in [4.78, 5) is 4.48. The van der Waals surface area contributed by atoms with Crippen LogP contribution in [0.3, 0.4) is 0 Å². The number of guanidine groups is 1. The average molecular weight is 275 g/mol. The lowest BCUT2D eigenvalue weighted by atomic mass is 10.2. The van der Waals surface area contributed by atoms with Crippen molar-refractivity contribution >= 4 is 11.6 Å². The van der Waals surface area contributed by atoms with E-state index in [-0.39, 0.29) is 5.41 Å². The van der Waals surface area contributed by atoms with E-state index in [1.54, 1.807) is 0 Å². The summed E-state index contributed by atoms with van der Waals surface area (Å²) < 4.78 is 11.2. The summed E-state index contributed by atoms with van der Waals surface area (Å²) in [5, 5.41) is 3.11. The van der Waals surface area contributed by atoms with Crippen LogP contribution in [0.1, 0.15) is 26.7 Å². The number of aliphatic imine (C=N–C) groups is 1. The number of rotatable bonds is 2. The fraction of sp³-hybridized carbons (Fsp3) is 0.533. The number of ether oxygens (including phenoxy) is 2. The maximum absolute atomic E-state index is 5.94. The van der Waals surface area contributed by atoms with E-state index in [1.807, 2.05) is 18.2 Å². The minimum atomic E-state index is 0.289. The molecule has 20 heavy (non-hydrogen) atoms. The molecule has 0 unspecified atom stereocenters. The summed E-state index contributed by atoms with van der Waals surface area (Å²) in [6.45, 7) is 5.76. The molecule has 3 rings (SSSR count). The Morgan fingerprint density at radius 3 is 2.70 bits per heavy atom. The first-order valence-electron chi connectivity index (χ1n) is 7.04. The molecule has 1 aromatic rings. The molecule has 1 aliphatic heterocycles. The molecule has 1 heterocycles. The van der Waals surface area contributed by atoms with Crippen LogP contribution in [0.4, 0.5) is 5.69 Å². The zero-order chi connectivity index (χ0) is 14.2. The Morgan fingerprint density at radius 2 is 2.00 bits per heavy atom. The summed E-state index contributed by atoms with van der Waals surface area (Å²) in [5.41, 5.74) is 7.10. The van der Waals surface area contributed by atoms with Crippen molar-refractivity contribution in [2.24, 2.45) is 16.1 Å². The molecule has 108 valence electrons. The van der Waals surface area contributed by atoms with Crippen molar-refractivity contribution in [2.45, 2.75) is 32.7 Å². The predicted octanol–water partition coefficient (Wildman–Crippen LogP) is 2.37. The SMILES string of the molecule is CC1(C)C[C@@H]1N=C(N)Nc1ccc2c(c1)OCCCO2. The van der Waals surface area contributed by atoms with Gasteiger partial charge in [0.05, 0.1) is 19.3 Å². The van der Waals surface area contributed by atoms with Crippen LogP contribution in [0.5, 0.6) is 11.5 Å². The van der Waals surface area contributed by atoms with E-state index in [9.17, 15) is 0 Å². The van der Waals surface area contributed by atoms with Crippen molar-refractivity contribution in [1.29, 1.82) is 0 Å². The number of benzene rings is 1. The van der Waals surface area contributed by atoms with Gasteiger partial charge in [-0.1, -0.05) is 13.8 Å². The summed E-state index contributed by atoms with van der Waals surface area (Å²) in [5.74, 6) is 1.99. The first kappa shape index (κ1) is 13.1. The third kappa shape index (κ3) is 2.81. The quantitative estimate of drug-likeness (QED) is 0.642. The molecule has 1 aromatic carbocycles. The zero-order valence-electron chi connectivity index (χ0n) is 12.0. The largest absolute Gasteiger partial charge is 0.490 e. The first-order chi connectivity index (χ1) is 9.54. The number of anilines is 1. The Kier molecular flexibility index (Phi) is 3.20. The van der Waals surface area contributed by atoms with Crippen molar-refractivity contribution in [2.75, 3.05) is 18.5 Å². The summed E-state index contributed by atoms with van der Waals surface area (Å²) in [6.07, 6.45) is 1.99. The van der Waals surface area contributed by atoms with Crippen LogP contribution in [-0.2, 0) is 0 Å². The molecule has 1 saturated carbocycles. The predicted molar refractivity (Wildman–Crippen MR) is 79.5 cm³/mol. The van der Waals surface area contributed by atoms with Gasteiger partial charge in [-0.25, -0.2) is 4.99 Å². The molecule has 1 fully saturated rings. The van der Waals surface area contributed by atoms with Crippen molar-refractivity contribution in [1.82, 2.24) is 0 Å². The van der Waals surface area contributed by atoms with Crippen LogP contribution in [0.25, 0.3) is 0 Å². The van der Waals surface area contributed by atoms with Gasteiger partial charge in [0.1, 0.15) is 0 Å². The Labute approximate surface area is 119 Å². The minimum Gasteiger partial charge on any atom is -0.490 e. The van der Waals surface area contributed by atoms with E-state index in [1.165, 1.54) is 0 Å². The topological polar surface area (TPSA) is 68.9 Å². The summed E-state index contributed by atoms with van der Waals surface area (Å²) >= 11 is 0. The Balaban J connectivity index is 1.70. The summed E-state index contributed by atoms with van der Waals surface area (Å²) in [6, 6.07) is 6.06. The number of nitrogens with two attached hydrogens (primary N) is 1. The lowest BCUT2D eigenvalue weighted by Crippen LogP contribution is -2.23. The zero-order valence-corrected chi connectivity index (χ0v) is 12.0. The minimum absolute atomic E-state index is 0.289. The van der Waals surface area contributed by atoms with Crippen molar-refractivity contribution in [3.05, 3.63) is 18.2 Å². The van der Waals surface area contributed by atoms with Gasteiger partial charge < -0.3 is 20.5 Å². The van der Waals surface area contributed by atoms with E-state index in [4.69, 9.17) is 15.2 Å². The van der Waals surface area contributed by atoms with E-state index in [2.05, 4.69) is 24.2 Å². The van der Waals surface area contributed by atoms with Gasteiger partial charge in [-0.3, -0.25) is 0 Å². The number of nitrogens with one attached hydrogen (secondary N) is 1. The molecule has 3 N–H and O–H groups in total. The molecule has 0 bridgehead atoms. The lowest BCUT2D eigenvalue weighted by Gasteiger charge is -2.11. The standard InChI is InChI=1S/C15H21N3O2/c1-15(2)9-13(15)18-14(16)17-10-4-5-11-12(8-10)20-7-3-6-19-11/h4-5,8,13H,3,6-7,9H2,1-2H3,(H3,16,17,18)/t13-/m0/s1. The smallest absolute Gasteiger partial charge is 0.193 e. The molecular weight excluding hydrogens is 254 g/mol. The monoisotopic (exact) mass is 275 g/mol. The molecule has 5 nitrogen and oxygen atoms in total. The number of nitrogens with zero attached hydrogens (tertiary/aromatic N) is 1. The van der Waals surface area contributed by atoms with Gasteiger partial charge in [0.2, 0.25) is 0 Å². The fourth-order valence-corrected chi connectivity index (χ4v) is 2.25. The number of fused-ring (bicyclic) bond motifs is 1. The molecule has 5 heteroatoms. The lowest BCUT2D eigenvalue weighted by molar-refractivity contribution is 0.297. The van der Waals surface area contributed by atoms with Gasteiger partial charge in [0, 0.05) is 18.2 Å². The highest BCUT2D eigenvalue weighted by Crippen LogP contribution is 2.47. The van der Waals surface area contributed by atoms with Gasteiger partial charge in [0.15, 0.2) is 17.5 Å². The third-order valence-corrected chi connectivity index (χ3v) is 3.78. The van der Waals surface area contributed by atoms with E-state index < -0.39 is 0 Å². The van der Waals surface area contributed by atoms with Crippen LogP contribution in [-0.4, -0.2) is 25.2 Å². The molecule has 0 aromatic heterocycles. The molecule has 1 aliphatic carbocycles. The number of hydrogen-bond donors (Lipinski definition) is 2. The first-order valence-corrected chi connectivity index (χ1v) is 7.04. The normalized spacial score (nSPS) is 23.9. The highest BCUT2D eigenvalue weighted by atomic mass is 16.5. The third-order valence-electron chi connectivity index (χ3n) is 3.78. The maximum Gasteiger partial charge on any atom is 0.193 e. The molecule has 0 saturated heterocycles. The summed E-state index contributed by atoms with van der Waals surface area (Å²) in [7, 11) is 0. The van der Waals surface area contributed by atoms with Crippen LogP contribution < -0.4 is 20.5 Å². The van der Waals surface area contributed by atoms with Gasteiger partial charge in [-0.2, -0.15) is 0 Å². The van der Waals surface area contributed by atoms with E-state index in [0.717, 1.165) is 30.0 Å². The molecule has 2 aliphatic rings. The molecule has 1 atom stereocenters. The maximum atomic E-state index is 5.94. The molecule has 0 radical (unpaired) electrons. The van der Waals surface area contributed by atoms with Crippen LogP contribution >= 0.6 is 0 Å². The highest BCUT2D eigenvalue weighted by molar-refractivity contribution is 5.92. The van der Waals surface area contributed by atoms with Gasteiger partial charge >= 0.3 is 0 Å². The fourth-order valence-electron chi connectivity index (χ4n) is 2.25. The van der Waals surface area contributed by atoms with E-state index >= 15 is 0 Å². The Hall–Kier alpha value is -1.91. The van der Waals surface area contributed by atoms with E-state index in [0.29, 0.717) is 25.2 Å². The Bertz CT molecular complexity index is 540. The molecular formula is C15H21N3O2. The highest BCUT2D eigenvalue weighted by Gasteiger charge is 2.45.